The lowest BCUT2D eigenvalue weighted by molar-refractivity contribution is -0.140. The first-order valence-electron chi connectivity index (χ1n) is 10.3. The van der Waals surface area contributed by atoms with E-state index < -0.39 is 11.9 Å². The Morgan fingerprint density at radius 1 is 1.25 bits per heavy atom. The van der Waals surface area contributed by atoms with Crippen molar-refractivity contribution in [2.75, 3.05) is 38.2 Å². The molecule has 3 N–H and O–H groups in total. The zero-order valence-corrected chi connectivity index (χ0v) is 17.0. The number of fused-ring (bicyclic) bond motifs is 2. The Morgan fingerprint density at radius 3 is 2.91 bits per heavy atom. The van der Waals surface area contributed by atoms with Crippen LogP contribution in [0.25, 0.3) is 11.0 Å². The van der Waals surface area contributed by atoms with Gasteiger partial charge in [0.15, 0.2) is 0 Å². The minimum absolute atomic E-state index is 0.0884. The molecule has 2 aliphatic heterocycles. The standard InChI is InChI=1S/C21H22F3N5O3/c22-21(23,24)17-7-14-19(27-17)25-11-26-20(14)28-18-13-3-1-2-4-16(13)32-10-15(18)29-5-6-31-12(8-29)9-30/h1-4,7,11-12,15,18,30H,5-6,8-10H2,(H2,25,26,27,28)/t12-,15+,18+/m1/s1. The number of nitrogens with one attached hydrogen (secondary N) is 2. The Balaban J connectivity index is 1.52. The molecule has 0 spiro atoms. The molecule has 0 radical (unpaired) electrons. The highest BCUT2D eigenvalue weighted by Gasteiger charge is 2.38. The summed E-state index contributed by atoms with van der Waals surface area (Å²) in [6.45, 7) is 1.93. The second kappa shape index (κ2) is 8.23. The third-order valence-corrected chi connectivity index (χ3v) is 5.91. The average Bonchev–Trinajstić information content (AvgIpc) is 3.25. The van der Waals surface area contributed by atoms with Crippen molar-refractivity contribution >= 4 is 16.9 Å². The molecule has 11 heteroatoms. The molecule has 0 aliphatic carbocycles. The number of aliphatic hydroxyl groups is 1. The summed E-state index contributed by atoms with van der Waals surface area (Å²) in [4.78, 5) is 12.7. The predicted octanol–water partition coefficient (Wildman–Crippen LogP) is 2.58. The number of rotatable bonds is 4. The molecule has 32 heavy (non-hydrogen) atoms. The van der Waals surface area contributed by atoms with Crippen molar-refractivity contribution in [1.82, 2.24) is 19.9 Å². The van der Waals surface area contributed by atoms with E-state index in [1.807, 2.05) is 24.3 Å². The smallest absolute Gasteiger partial charge is 0.431 e. The number of alkyl halides is 3. The number of halogens is 3. The van der Waals surface area contributed by atoms with E-state index in [9.17, 15) is 18.3 Å². The van der Waals surface area contributed by atoms with Crippen LogP contribution in [0.5, 0.6) is 5.75 Å². The minimum Gasteiger partial charge on any atom is -0.491 e. The largest absolute Gasteiger partial charge is 0.491 e. The normalized spacial score (nSPS) is 24.2. The molecule has 4 heterocycles. The molecular weight excluding hydrogens is 427 g/mol. The van der Waals surface area contributed by atoms with Crippen molar-refractivity contribution in [1.29, 1.82) is 0 Å². The molecule has 170 valence electrons. The second-order valence-electron chi connectivity index (χ2n) is 7.87. The molecule has 5 rings (SSSR count). The monoisotopic (exact) mass is 449 g/mol. The maximum atomic E-state index is 13.2. The van der Waals surface area contributed by atoms with Crippen molar-refractivity contribution in [3.05, 3.63) is 47.9 Å². The topological polar surface area (TPSA) is 95.5 Å². The van der Waals surface area contributed by atoms with Crippen LogP contribution in [0.3, 0.4) is 0 Å². The van der Waals surface area contributed by atoms with Crippen molar-refractivity contribution in [2.24, 2.45) is 0 Å². The predicted molar refractivity (Wildman–Crippen MR) is 109 cm³/mol. The number of H-pyrrole nitrogens is 1. The van der Waals surface area contributed by atoms with E-state index in [4.69, 9.17) is 9.47 Å². The van der Waals surface area contributed by atoms with E-state index in [2.05, 4.69) is 25.2 Å². The summed E-state index contributed by atoms with van der Waals surface area (Å²) in [5, 5.41) is 13.2. The molecule has 1 aromatic carbocycles. The van der Waals surface area contributed by atoms with Crippen LogP contribution in [0.15, 0.2) is 36.7 Å². The quantitative estimate of drug-likeness (QED) is 0.564. The van der Waals surface area contributed by atoms with Crippen LogP contribution in [-0.2, 0) is 10.9 Å². The van der Waals surface area contributed by atoms with Gasteiger partial charge in [0.05, 0.1) is 36.8 Å². The van der Waals surface area contributed by atoms with E-state index in [1.54, 1.807) is 0 Å². The maximum absolute atomic E-state index is 13.2. The zero-order valence-electron chi connectivity index (χ0n) is 17.0. The third kappa shape index (κ3) is 3.87. The van der Waals surface area contributed by atoms with Gasteiger partial charge in [-0.3, -0.25) is 4.90 Å². The molecule has 2 aliphatic rings. The van der Waals surface area contributed by atoms with Gasteiger partial charge in [0.1, 0.15) is 35.8 Å². The van der Waals surface area contributed by atoms with Gasteiger partial charge in [-0.15, -0.1) is 0 Å². The molecule has 0 saturated carbocycles. The maximum Gasteiger partial charge on any atom is 0.431 e. The molecule has 1 saturated heterocycles. The molecule has 0 unspecified atom stereocenters. The summed E-state index contributed by atoms with van der Waals surface area (Å²) in [5.74, 6) is 1.02. The lowest BCUT2D eigenvalue weighted by atomic mass is 9.94. The van der Waals surface area contributed by atoms with Crippen LogP contribution in [0.4, 0.5) is 19.0 Å². The molecular formula is C21H22F3N5O3. The number of ether oxygens (including phenoxy) is 2. The van der Waals surface area contributed by atoms with Crippen molar-refractivity contribution < 1.29 is 27.8 Å². The third-order valence-electron chi connectivity index (χ3n) is 5.91. The fourth-order valence-electron chi connectivity index (χ4n) is 4.35. The van der Waals surface area contributed by atoms with Crippen LogP contribution in [0.2, 0.25) is 0 Å². The number of aliphatic hydroxyl groups excluding tert-OH is 1. The van der Waals surface area contributed by atoms with Crippen molar-refractivity contribution in [2.45, 2.75) is 24.4 Å². The van der Waals surface area contributed by atoms with Gasteiger partial charge in [-0.05, 0) is 12.1 Å². The van der Waals surface area contributed by atoms with Gasteiger partial charge < -0.3 is 24.9 Å². The number of hydrogen-bond donors (Lipinski definition) is 3. The van der Waals surface area contributed by atoms with Crippen LogP contribution in [-0.4, -0.2) is 70.0 Å². The Labute approximate surface area is 181 Å². The molecule has 0 amide bonds. The molecule has 3 atom stereocenters. The fraction of sp³-hybridized carbons (Fsp3) is 0.429. The van der Waals surface area contributed by atoms with Crippen LogP contribution >= 0.6 is 0 Å². The number of morpholine rings is 1. The number of nitrogens with zero attached hydrogens (tertiary/aromatic N) is 3. The Hall–Kier alpha value is -2.89. The van der Waals surface area contributed by atoms with Gasteiger partial charge >= 0.3 is 6.18 Å². The fourth-order valence-corrected chi connectivity index (χ4v) is 4.35. The van der Waals surface area contributed by atoms with E-state index >= 15 is 0 Å². The lowest BCUT2D eigenvalue weighted by Crippen LogP contribution is -2.55. The van der Waals surface area contributed by atoms with Crippen LogP contribution < -0.4 is 10.1 Å². The van der Waals surface area contributed by atoms with E-state index in [1.165, 1.54) is 6.33 Å². The summed E-state index contributed by atoms with van der Waals surface area (Å²) < 4.78 is 51.3. The van der Waals surface area contributed by atoms with Gasteiger partial charge in [-0.25, -0.2) is 9.97 Å². The molecule has 2 aromatic heterocycles. The van der Waals surface area contributed by atoms with Crippen molar-refractivity contribution in [3.63, 3.8) is 0 Å². The lowest BCUT2D eigenvalue weighted by Gasteiger charge is -2.44. The highest BCUT2D eigenvalue weighted by molar-refractivity contribution is 5.88. The number of aromatic amines is 1. The average molecular weight is 449 g/mol. The first-order chi connectivity index (χ1) is 15.4. The zero-order chi connectivity index (χ0) is 22.3. The van der Waals surface area contributed by atoms with Gasteiger partial charge in [0.2, 0.25) is 0 Å². The van der Waals surface area contributed by atoms with E-state index in [0.29, 0.717) is 37.9 Å². The summed E-state index contributed by atoms with van der Waals surface area (Å²) in [6.07, 6.45) is -3.58. The number of para-hydroxylation sites is 1. The number of hydrogen-bond acceptors (Lipinski definition) is 7. The van der Waals surface area contributed by atoms with Crippen LogP contribution in [0, 0.1) is 0 Å². The number of benzene rings is 1. The number of aromatic nitrogens is 3. The molecule has 3 aromatic rings. The Bertz CT molecular complexity index is 1110. The van der Waals surface area contributed by atoms with E-state index in [-0.39, 0.29) is 35.8 Å². The summed E-state index contributed by atoms with van der Waals surface area (Å²) in [7, 11) is 0. The first-order valence-corrected chi connectivity index (χ1v) is 10.3. The summed E-state index contributed by atoms with van der Waals surface area (Å²) in [6, 6.07) is 8.13. The first kappa shape index (κ1) is 21.0. The number of anilines is 1. The van der Waals surface area contributed by atoms with Crippen molar-refractivity contribution in [3.8, 4) is 5.75 Å². The summed E-state index contributed by atoms with van der Waals surface area (Å²) in [5.41, 5.74) is 0.117. The van der Waals surface area contributed by atoms with Gasteiger partial charge in [0, 0.05) is 18.7 Å². The molecule has 8 nitrogen and oxygen atoms in total. The Morgan fingerprint density at radius 2 is 2.09 bits per heavy atom. The summed E-state index contributed by atoms with van der Waals surface area (Å²) >= 11 is 0. The molecule has 0 bridgehead atoms. The van der Waals surface area contributed by atoms with Gasteiger partial charge in [-0.2, -0.15) is 13.2 Å². The van der Waals surface area contributed by atoms with Gasteiger partial charge in [0.25, 0.3) is 0 Å². The highest BCUT2D eigenvalue weighted by Crippen LogP contribution is 2.38. The minimum atomic E-state index is -4.51. The van der Waals surface area contributed by atoms with Gasteiger partial charge in [-0.1, -0.05) is 18.2 Å². The molecule has 1 fully saturated rings. The Kier molecular flexibility index (Phi) is 5.39. The second-order valence-corrected chi connectivity index (χ2v) is 7.87. The van der Waals surface area contributed by atoms with E-state index in [0.717, 1.165) is 11.6 Å². The van der Waals surface area contributed by atoms with Crippen LogP contribution in [0.1, 0.15) is 17.3 Å². The SMILES string of the molecule is OC[C@H]1CN([C@H]2COc3ccccc3[C@@H]2Nc2ncnc3[nH]c(C(F)(F)F)cc23)CCO1. The highest BCUT2D eigenvalue weighted by atomic mass is 19.4.